The van der Waals surface area contributed by atoms with Gasteiger partial charge in [-0.15, -0.1) is 0 Å². The Morgan fingerprint density at radius 1 is 0.889 bits per heavy atom. The Kier molecular flexibility index (Phi) is 13.6. The quantitative estimate of drug-likeness (QED) is 0.0750. The summed E-state index contributed by atoms with van der Waals surface area (Å²) < 4.78 is 8.14. The number of aliphatic hydroxyl groups excluding tert-OH is 1. The van der Waals surface area contributed by atoms with Crippen LogP contribution in [0.1, 0.15) is 29.8 Å². The number of esters is 1. The van der Waals surface area contributed by atoms with Gasteiger partial charge in [-0.3, -0.25) is 10.2 Å². The summed E-state index contributed by atoms with van der Waals surface area (Å²) in [7, 11) is 0. The number of anilines is 1. The number of nitrogens with one attached hydrogen (secondary N) is 1. The molecule has 5 rings (SSSR count). The molecule has 2 heterocycles. The summed E-state index contributed by atoms with van der Waals surface area (Å²) in [6, 6.07) is 21.6. The average Bonchev–Trinajstić information content (AvgIpc) is 3.72. The van der Waals surface area contributed by atoms with Gasteiger partial charge in [-0.1, -0.05) is 53.0 Å². The fourth-order valence-electron chi connectivity index (χ4n) is 3.37. The third-order valence-corrected chi connectivity index (χ3v) is 6.25. The second-order valence-corrected chi connectivity index (χ2v) is 10.3. The maximum absolute atomic E-state index is 11.5. The van der Waals surface area contributed by atoms with E-state index in [-0.39, 0.29) is 24.2 Å². The number of aliphatic hydroxyl groups is 1. The number of hydrogen-bond donors (Lipinski definition) is 3. The monoisotopic (exact) mass is 669 g/mol. The first kappa shape index (κ1) is 34.8. The Morgan fingerprint density at radius 2 is 1.44 bits per heavy atom. The van der Waals surface area contributed by atoms with Crippen LogP contribution in [0.2, 0.25) is 15.1 Å². The van der Waals surface area contributed by atoms with Crippen molar-refractivity contribution in [2.45, 2.75) is 20.5 Å². The highest BCUT2D eigenvalue weighted by molar-refractivity contribution is 6.37. The standard InChI is InChI=1S/C12H11ClN2O2.C10H9ClN2O.C9H10ClN3O/c1-2-17-12(16)9-7-14-15(8-9)11-5-3-4-10(13)6-11;11-9-2-1-3-10(4-9)13-6-8(7-14)5-12-13;1-6(14)9(11)13-12-8-4-2-3-7(10)5-8/h3-8H,2H2,1H3;1-6,14H,7H2;2-5,12H,1H3,(H2,11,13). The molecule has 0 aliphatic heterocycles. The number of hydrazone groups is 1. The van der Waals surface area contributed by atoms with E-state index in [1.54, 1.807) is 71.3 Å². The van der Waals surface area contributed by atoms with Crippen molar-refractivity contribution in [1.29, 1.82) is 0 Å². The number of nitrogens with zero attached hydrogens (tertiary/aromatic N) is 5. The predicted molar refractivity (Wildman–Crippen MR) is 176 cm³/mol. The highest BCUT2D eigenvalue weighted by Gasteiger charge is 2.10. The predicted octanol–water partition coefficient (Wildman–Crippen LogP) is 6.33. The number of amidine groups is 1. The molecule has 2 aromatic heterocycles. The zero-order chi connectivity index (χ0) is 32.8. The molecule has 11 nitrogen and oxygen atoms in total. The lowest BCUT2D eigenvalue weighted by atomic mass is 10.3. The van der Waals surface area contributed by atoms with Crippen molar-refractivity contribution < 1.29 is 19.4 Å². The Bertz CT molecular complexity index is 1750. The molecule has 45 heavy (non-hydrogen) atoms. The first-order valence-corrected chi connectivity index (χ1v) is 14.5. The average molecular weight is 671 g/mol. The van der Waals surface area contributed by atoms with Crippen LogP contribution in [-0.2, 0) is 16.1 Å². The number of hydrogen-bond acceptors (Lipinski definition) is 8. The minimum absolute atomic E-state index is 0.000561. The Morgan fingerprint density at radius 3 is 1.96 bits per heavy atom. The number of Topliss-reactive ketones (excluding diaryl/α,β-unsaturated/α-hetero) is 1. The molecule has 5 aromatic rings. The summed E-state index contributed by atoms with van der Waals surface area (Å²) in [5.74, 6) is -0.717. The molecule has 0 spiro atoms. The molecule has 234 valence electrons. The Balaban J connectivity index is 0.000000185. The van der Waals surface area contributed by atoms with Gasteiger partial charge in [0.1, 0.15) is 0 Å². The van der Waals surface area contributed by atoms with Crippen LogP contribution in [0, 0.1) is 0 Å². The van der Waals surface area contributed by atoms with Gasteiger partial charge in [0.05, 0.1) is 48.2 Å². The molecule has 0 fully saturated rings. The smallest absolute Gasteiger partial charge is 0.341 e. The Labute approximate surface area is 274 Å². The van der Waals surface area contributed by atoms with Crippen LogP contribution in [0.4, 0.5) is 5.69 Å². The van der Waals surface area contributed by atoms with E-state index in [4.69, 9.17) is 50.4 Å². The van der Waals surface area contributed by atoms with E-state index in [1.807, 2.05) is 36.4 Å². The van der Waals surface area contributed by atoms with Crippen molar-refractivity contribution in [3.63, 3.8) is 0 Å². The molecule has 0 saturated heterocycles. The lowest BCUT2D eigenvalue weighted by molar-refractivity contribution is -0.111. The van der Waals surface area contributed by atoms with Crippen molar-refractivity contribution >= 4 is 58.1 Å². The molecule has 0 unspecified atom stereocenters. The van der Waals surface area contributed by atoms with Crippen molar-refractivity contribution in [2.75, 3.05) is 12.0 Å². The minimum Gasteiger partial charge on any atom is -0.462 e. The summed E-state index contributed by atoms with van der Waals surface area (Å²) in [6.45, 7) is 3.46. The van der Waals surface area contributed by atoms with Gasteiger partial charge in [0.2, 0.25) is 0 Å². The van der Waals surface area contributed by atoms with Gasteiger partial charge in [-0.2, -0.15) is 15.3 Å². The SMILES string of the molecule is CC(=O)C(N)=NNc1cccc(Cl)c1.CCOC(=O)c1cnn(-c2cccc(Cl)c2)c1.OCc1cnn(-c2cccc(Cl)c2)c1. The van der Waals surface area contributed by atoms with Crippen LogP contribution in [0.25, 0.3) is 11.4 Å². The summed E-state index contributed by atoms with van der Waals surface area (Å²) >= 11 is 17.5. The first-order valence-electron chi connectivity index (χ1n) is 13.3. The number of nitrogens with two attached hydrogens (primary N) is 1. The van der Waals surface area contributed by atoms with Crippen LogP contribution >= 0.6 is 34.8 Å². The fraction of sp³-hybridized carbons (Fsp3) is 0.129. The van der Waals surface area contributed by atoms with Gasteiger partial charge < -0.3 is 15.6 Å². The molecule has 3 aromatic carbocycles. The van der Waals surface area contributed by atoms with Gasteiger partial charge in [-0.05, 0) is 61.5 Å². The number of carbonyl (C=O) groups excluding carboxylic acids is 2. The van der Waals surface area contributed by atoms with E-state index in [2.05, 4.69) is 20.7 Å². The van der Waals surface area contributed by atoms with Gasteiger partial charge >= 0.3 is 5.97 Å². The molecular weight excluding hydrogens is 641 g/mol. The molecule has 0 aliphatic rings. The summed E-state index contributed by atoms with van der Waals surface area (Å²) in [6.07, 6.45) is 6.48. The van der Waals surface area contributed by atoms with Gasteiger partial charge in [0.15, 0.2) is 11.6 Å². The maximum atomic E-state index is 11.5. The Hall–Kier alpha value is -4.68. The van der Waals surface area contributed by atoms with Crippen molar-refractivity contribution in [3.8, 4) is 11.4 Å². The number of carbonyl (C=O) groups is 2. The first-order chi connectivity index (χ1) is 21.6. The second kappa shape index (κ2) is 17.6. The maximum Gasteiger partial charge on any atom is 0.341 e. The summed E-state index contributed by atoms with van der Waals surface area (Å²) in [5.41, 5.74) is 11.5. The highest BCUT2D eigenvalue weighted by atomic mass is 35.5. The second-order valence-electron chi connectivity index (χ2n) is 8.98. The highest BCUT2D eigenvalue weighted by Crippen LogP contribution is 2.16. The lowest BCUT2D eigenvalue weighted by Crippen LogP contribution is -2.22. The van der Waals surface area contributed by atoms with Crippen LogP contribution in [0.3, 0.4) is 0 Å². The normalized spacial score (nSPS) is 10.6. The molecule has 0 amide bonds. The lowest BCUT2D eigenvalue weighted by Gasteiger charge is -2.00. The molecule has 0 radical (unpaired) electrons. The van der Waals surface area contributed by atoms with Gasteiger partial charge in [0.25, 0.3) is 0 Å². The number of benzene rings is 3. The van der Waals surface area contributed by atoms with Gasteiger partial charge in [-0.25, -0.2) is 14.2 Å². The zero-order valence-corrected chi connectivity index (χ0v) is 26.5. The van der Waals surface area contributed by atoms with Crippen molar-refractivity contribution in [3.05, 3.63) is 124 Å². The third kappa shape index (κ3) is 11.4. The van der Waals surface area contributed by atoms with E-state index in [0.717, 1.165) is 16.9 Å². The van der Waals surface area contributed by atoms with Crippen LogP contribution < -0.4 is 11.2 Å². The molecular formula is C31H30Cl3N7O4. The number of ether oxygens (including phenoxy) is 1. The minimum atomic E-state index is -0.374. The van der Waals surface area contributed by atoms with Crippen molar-refractivity contribution in [2.24, 2.45) is 10.8 Å². The molecule has 0 aliphatic carbocycles. The summed E-state index contributed by atoms with van der Waals surface area (Å²) in [4.78, 5) is 22.2. The summed E-state index contributed by atoms with van der Waals surface area (Å²) in [5, 5.41) is 22.6. The number of aromatic nitrogens is 4. The molecule has 0 atom stereocenters. The van der Waals surface area contributed by atoms with Gasteiger partial charge in [0, 0.05) is 39.9 Å². The molecule has 0 bridgehead atoms. The molecule has 4 N–H and O–H groups in total. The third-order valence-electron chi connectivity index (χ3n) is 5.55. The van der Waals surface area contributed by atoms with Crippen molar-refractivity contribution in [1.82, 2.24) is 19.6 Å². The zero-order valence-electron chi connectivity index (χ0n) is 24.3. The van der Waals surface area contributed by atoms with E-state index < -0.39 is 0 Å². The van der Waals surface area contributed by atoms with Crippen LogP contribution in [0.5, 0.6) is 0 Å². The largest absolute Gasteiger partial charge is 0.462 e. The number of halogens is 3. The number of ketones is 1. The number of rotatable bonds is 8. The van der Waals surface area contributed by atoms with Crippen LogP contribution in [-0.4, -0.2) is 48.9 Å². The van der Waals surface area contributed by atoms with E-state index in [9.17, 15) is 9.59 Å². The fourth-order valence-corrected chi connectivity index (χ4v) is 3.92. The van der Waals surface area contributed by atoms with E-state index in [0.29, 0.717) is 32.9 Å². The molecule has 14 heteroatoms. The van der Waals surface area contributed by atoms with Crippen LogP contribution in [0.15, 0.2) is 103 Å². The van der Waals surface area contributed by atoms with E-state index >= 15 is 0 Å². The molecule has 0 saturated carbocycles. The van der Waals surface area contributed by atoms with E-state index in [1.165, 1.54) is 13.1 Å². The topological polar surface area (TPSA) is 150 Å².